The highest BCUT2D eigenvalue weighted by molar-refractivity contribution is 7.75. The summed E-state index contributed by atoms with van der Waals surface area (Å²) in [4.78, 5) is 0. The number of nitrogens with one attached hydrogen (secondary N) is 1. The van der Waals surface area contributed by atoms with E-state index in [9.17, 15) is 17.3 Å². The molecule has 160 valence electrons. The van der Waals surface area contributed by atoms with E-state index >= 15 is 0 Å². The van der Waals surface area contributed by atoms with E-state index in [-0.39, 0.29) is 0 Å². The van der Waals surface area contributed by atoms with Crippen molar-refractivity contribution in [3.63, 3.8) is 0 Å². The van der Waals surface area contributed by atoms with Gasteiger partial charge in [-0.05, 0) is 53.7 Å². The summed E-state index contributed by atoms with van der Waals surface area (Å²) < 4.78 is 55.7. The summed E-state index contributed by atoms with van der Waals surface area (Å²) in [6.07, 6.45) is 0. The van der Waals surface area contributed by atoms with Crippen LogP contribution >= 0.6 is 15.4 Å². The van der Waals surface area contributed by atoms with Crippen LogP contribution in [0, 0.1) is 0 Å². The maximum Gasteiger partial charge on any atom is 0.673 e. The van der Waals surface area contributed by atoms with Gasteiger partial charge in [0.25, 0.3) is 0 Å². The standard InChI is InChI=1S/C12H36N7P2.BF4/c1-12-13-20(15(2)3,16(4)5)14-21(17(6)7,18(8)9)19(10)11;2-1(3,4)5/h13H,12H2,1-11H3;/q+1;-1. The third kappa shape index (κ3) is 8.06. The van der Waals surface area contributed by atoms with E-state index < -0.39 is 22.6 Å². The summed E-state index contributed by atoms with van der Waals surface area (Å²) in [6.45, 7) is 3.03. The van der Waals surface area contributed by atoms with E-state index in [2.05, 4.69) is 106 Å². The summed E-state index contributed by atoms with van der Waals surface area (Å²) in [6, 6.07) is 0. The summed E-state index contributed by atoms with van der Waals surface area (Å²) >= 11 is 0. The number of rotatable bonds is 8. The zero-order chi connectivity index (χ0) is 21.5. The zero-order valence-corrected chi connectivity index (χ0v) is 19.7. The topological polar surface area (TPSA) is 40.6 Å². The number of nitrogens with zero attached hydrogens (tertiary/aromatic N) is 6. The molecular formula is C12H36BF4N7P2. The fourth-order valence-corrected chi connectivity index (χ4v) is 11.2. The number of halogens is 4. The Bertz CT molecular complexity index is 417. The molecule has 0 saturated carbocycles. The van der Waals surface area contributed by atoms with Crippen molar-refractivity contribution in [3.8, 4) is 0 Å². The molecule has 0 aliphatic rings. The van der Waals surface area contributed by atoms with Crippen LogP contribution < -0.4 is 5.09 Å². The predicted molar refractivity (Wildman–Crippen MR) is 109 cm³/mol. The summed E-state index contributed by atoms with van der Waals surface area (Å²) in [7, 11) is 11.2. The molecule has 0 spiro atoms. The van der Waals surface area contributed by atoms with Gasteiger partial charge in [0.2, 0.25) is 7.51 Å². The highest BCUT2D eigenvalue weighted by Gasteiger charge is 2.49. The van der Waals surface area contributed by atoms with Gasteiger partial charge in [0.1, 0.15) is 0 Å². The molecule has 0 amide bonds. The summed E-state index contributed by atoms with van der Waals surface area (Å²) in [5.74, 6) is 0. The first-order valence-corrected chi connectivity index (χ1v) is 11.3. The Kier molecular flexibility index (Phi) is 12.3. The van der Waals surface area contributed by atoms with Gasteiger partial charge in [-0.3, -0.25) is 0 Å². The Morgan fingerprint density at radius 2 is 1.04 bits per heavy atom. The Labute approximate surface area is 157 Å². The Balaban J connectivity index is 0. The zero-order valence-electron chi connectivity index (χ0n) is 17.9. The van der Waals surface area contributed by atoms with Gasteiger partial charge >= 0.3 is 15.1 Å². The molecule has 0 aromatic heterocycles. The lowest BCUT2D eigenvalue weighted by Crippen LogP contribution is -2.38. The second kappa shape index (κ2) is 11.3. The molecule has 0 atom stereocenters. The average Bonchev–Trinajstić information content (AvgIpc) is 2.39. The lowest BCUT2D eigenvalue weighted by atomic mass is 10.3. The van der Waals surface area contributed by atoms with Crippen molar-refractivity contribution >= 4 is 22.6 Å². The van der Waals surface area contributed by atoms with E-state index in [0.29, 0.717) is 0 Å². The van der Waals surface area contributed by atoms with Crippen LogP contribution in [0.3, 0.4) is 0 Å². The second-order valence-electron chi connectivity index (χ2n) is 6.44. The van der Waals surface area contributed by atoms with E-state index in [1.807, 2.05) is 0 Å². The van der Waals surface area contributed by atoms with E-state index in [4.69, 9.17) is 4.52 Å². The van der Waals surface area contributed by atoms with Crippen molar-refractivity contribution in [1.82, 2.24) is 28.4 Å². The molecule has 7 nitrogen and oxygen atoms in total. The predicted octanol–water partition coefficient (Wildman–Crippen LogP) is 3.33. The van der Waals surface area contributed by atoms with Crippen LogP contribution in [0.15, 0.2) is 4.52 Å². The van der Waals surface area contributed by atoms with Crippen LogP contribution in [-0.2, 0) is 0 Å². The molecule has 0 unspecified atom stereocenters. The SMILES string of the molecule is CCN[P+](N=P(N(C)C)(N(C)C)N(C)C)(N(C)C)N(C)C.F[B-](F)(F)F. The van der Waals surface area contributed by atoms with E-state index in [1.54, 1.807) is 0 Å². The van der Waals surface area contributed by atoms with Crippen LogP contribution in [0.5, 0.6) is 0 Å². The van der Waals surface area contributed by atoms with Crippen LogP contribution in [-0.4, -0.2) is 108 Å². The molecule has 1 N–H and O–H groups in total. The van der Waals surface area contributed by atoms with Crippen molar-refractivity contribution in [3.05, 3.63) is 0 Å². The molecule has 0 aromatic rings. The van der Waals surface area contributed by atoms with Gasteiger partial charge in [0.05, 0.1) is 0 Å². The number of hydrogen-bond donors (Lipinski definition) is 1. The molecule has 0 bridgehead atoms. The van der Waals surface area contributed by atoms with E-state index in [1.165, 1.54) is 0 Å². The van der Waals surface area contributed by atoms with Gasteiger partial charge in [-0.2, -0.15) is 0 Å². The molecule has 0 saturated heterocycles. The maximum absolute atomic E-state index is 9.75. The van der Waals surface area contributed by atoms with Crippen LogP contribution in [0.4, 0.5) is 17.3 Å². The first-order valence-electron chi connectivity index (χ1n) is 8.03. The third-order valence-corrected chi connectivity index (χ3v) is 11.5. The molecule has 0 radical (unpaired) electrons. The van der Waals surface area contributed by atoms with Gasteiger partial charge in [0, 0.05) is 34.7 Å². The Morgan fingerprint density at radius 1 is 0.769 bits per heavy atom. The minimum absolute atomic E-state index is 0.891. The quantitative estimate of drug-likeness (QED) is 0.364. The lowest BCUT2D eigenvalue weighted by molar-refractivity contribution is 0.368. The average molecular weight is 427 g/mol. The molecule has 0 aliphatic carbocycles. The summed E-state index contributed by atoms with van der Waals surface area (Å²) in [5.41, 5.74) is 0. The van der Waals surface area contributed by atoms with Crippen LogP contribution in [0.25, 0.3) is 0 Å². The molecule has 0 fully saturated rings. The number of hydrogen-bond acceptors (Lipinski definition) is 4. The highest BCUT2D eigenvalue weighted by Crippen LogP contribution is 2.70. The fourth-order valence-electron chi connectivity index (χ4n) is 2.53. The minimum atomic E-state index is -6.00. The molecular weight excluding hydrogens is 391 g/mol. The van der Waals surface area contributed by atoms with Crippen molar-refractivity contribution in [1.29, 1.82) is 0 Å². The normalized spacial score (nSPS) is 13.7. The molecule has 26 heavy (non-hydrogen) atoms. The first kappa shape index (κ1) is 28.4. The Morgan fingerprint density at radius 3 is 1.19 bits per heavy atom. The smallest absolute Gasteiger partial charge is 0.418 e. The van der Waals surface area contributed by atoms with Crippen molar-refractivity contribution < 1.29 is 17.3 Å². The molecule has 0 rings (SSSR count). The van der Waals surface area contributed by atoms with Gasteiger partial charge in [-0.25, -0.2) is 14.0 Å². The molecule has 0 heterocycles. The molecule has 0 aromatic carbocycles. The van der Waals surface area contributed by atoms with E-state index in [0.717, 1.165) is 6.54 Å². The fraction of sp³-hybridized carbons (Fsp3) is 1.00. The van der Waals surface area contributed by atoms with Crippen molar-refractivity contribution in [2.75, 3.05) is 77.0 Å². The monoisotopic (exact) mass is 427 g/mol. The highest BCUT2D eigenvalue weighted by atomic mass is 31.2. The van der Waals surface area contributed by atoms with Crippen molar-refractivity contribution in [2.45, 2.75) is 6.92 Å². The first-order chi connectivity index (χ1) is 11.5. The van der Waals surface area contributed by atoms with Gasteiger partial charge in [0.15, 0.2) is 0 Å². The van der Waals surface area contributed by atoms with Crippen molar-refractivity contribution in [2.24, 2.45) is 4.52 Å². The third-order valence-electron chi connectivity index (χ3n) is 3.34. The second-order valence-corrected chi connectivity index (χ2v) is 13.7. The lowest BCUT2D eigenvalue weighted by Gasteiger charge is -2.42. The minimum Gasteiger partial charge on any atom is -0.418 e. The van der Waals surface area contributed by atoms with Gasteiger partial charge in [-0.1, -0.05) is 0 Å². The Hall–Kier alpha value is 0.205. The largest absolute Gasteiger partial charge is 0.673 e. The molecule has 14 heteroatoms. The van der Waals surface area contributed by atoms with Crippen LogP contribution in [0.2, 0.25) is 0 Å². The maximum atomic E-state index is 9.75. The van der Waals surface area contributed by atoms with Gasteiger partial charge in [-0.15, -0.1) is 14.4 Å². The van der Waals surface area contributed by atoms with Gasteiger partial charge < -0.3 is 17.3 Å². The summed E-state index contributed by atoms with van der Waals surface area (Å²) in [5, 5.41) is 3.66. The van der Waals surface area contributed by atoms with Crippen LogP contribution in [0.1, 0.15) is 6.92 Å². The molecule has 0 aliphatic heterocycles.